The average Bonchev–Trinajstić information content (AvgIpc) is 3.02. The minimum atomic E-state index is -5.88. The predicted octanol–water partition coefficient (Wildman–Crippen LogP) is 2.85. The van der Waals surface area contributed by atoms with Gasteiger partial charge in [0.25, 0.3) is 5.16 Å². The second-order valence-electron chi connectivity index (χ2n) is 5.03. The van der Waals surface area contributed by atoms with Gasteiger partial charge < -0.3 is 0 Å². The Morgan fingerprint density at radius 2 is 1.88 bits per heavy atom. The summed E-state index contributed by atoms with van der Waals surface area (Å²) in [7, 11) is -5.88. The normalized spacial score (nSPS) is 21.1. The van der Waals surface area contributed by atoms with Gasteiger partial charge in [0, 0.05) is 12.0 Å². The molecule has 130 valence electrons. The summed E-state index contributed by atoms with van der Waals surface area (Å²) in [6, 6.07) is 1.000. The predicted molar refractivity (Wildman–Crippen MR) is 66.2 cm³/mol. The van der Waals surface area contributed by atoms with Gasteiger partial charge in [-0.15, -0.1) is 5.10 Å². The summed E-state index contributed by atoms with van der Waals surface area (Å²) in [5, 5.41) is 1.55. The molecule has 3 rings (SSSR count). The van der Waals surface area contributed by atoms with E-state index >= 15 is 0 Å². The molecule has 2 heterocycles. The number of benzene rings is 1. The molecule has 2 atom stereocenters. The highest BCUT2D eigenvalue weighted by Crippen LogP contribution is 2.41. The SMILES string of the molecule is O=S(=O)(c1nc2n(n1)[C@H](c1cc(F)ccc1F)C[C@@H]2F)C(F)(F)F. The number of rotatable bonds is 2. The third-order valence-electron chi connectivity index (χ3n) is 3.51. The molecule has 12 heteroatoms. The summed E-state index contributed by atoms with van der Waals surface area (Å²) < 4.78 is 102. The van der Waals surface area contributed by atoms with E-state index in [1.807, 2.05) is 0 Å². The lowest BCUT2D eigenvalue weighted by atomic mass is 10.0. The van der Waals surface area contributed by atoms with Gasteiger partial charge in [-0.3, -0.25) is 0 Å². The number of hydrogen-bond donors (Lipinski definition) is 0. The maximum atomic E-state index is 14.0. The monoisotopic (exact) mass is 371 g/mol. The number of alkyl halides is 4. The lowest BCUT2D eigenvalue weighted by Crippen LogP contribution is -2.25. The minimum absolute atomic E-state index is 0.364. The summed E-state index contributed by atoms with van der Waals surface area (Å²) in [5.74, 6) is -2.47. The lowest BCUT2D eigenvalue weighted by molar-refractivity contribution is -0.0440. The fourth-order valence-electron chi connectivity index (χ4n) is 2.41. The first kappa shape index (κ1) is 16.7. The fourth-order valence-corrected chi connectivity index (χ4v) is 3.02. The molecule has 0 amide bonds. The highest BCUT2D eigenvalue weighted by molar-refractivity contribution is 7.92. The van der Waals surface area contributed by atoms with Crippen LogP contribution in [0.15, 0.2) is 23.4 Å². The Kier molecular flexibility index (Phi) is 3.62. The van der Waals surface area contributed by atoms with Gasteiger partial charge in [-0.1, -0.05) is 0 Å². The molecule has 0 fully saturated rings. The number of nitrogens with zero attached hydrogens (tertiary/aromatic N) is 3. The van der Waals surface area contributed by atoms with Crippen LogP contribution >= 0.6 is 0 Å². The van der Waals surface area contributed by atoms with E-state index in [0.717, 1.165) is 18.2 Å². The van der Waals surface area contributed by atoms with Crippen molar-refractivity contribution in [1.29, 1.82) is 0 Å². The van der Waals surface area contributed by atoms with Gasteiger partial charge in [0.05, 0.1) is 6.04 Å². The molecule has 1 aliphatic heterocycles. The second kappa shape index (κ2) is 5.19. The van der Waals surface area contributed by atoms with Crippen molar-refractivity contribution in [3.05, 3.63) is 41.2 Å². The Bertz CT molecular complexity index is 908. The maximum absolute atomic E-state index is 14.0. The summed E-state index contributed by atoms with van der Waals surface area (Å²) >= 11 is 0. The second-order valence-corrected chi connectivity index (χ2v) is 6.87. The van der Waals surface area contributed by atoms with Crippen molar-refractivity contribution in [2.24, 2.45) is 0 Å². The summed E-state index contributed by atoms with van der Waals surface area (Å²) in [4.78, 5) is 3.09. The van der Waals surface area contributed by atoms with Crippen molar-refractivity contribution in [2.75, 3.05) is 0 Å². The fraction of sp³-hybridized carbons (Fsp3) is 0.333. The number of fused-ring (bicyclic) bond motifs is 1. The molecule has 0 saturated carbocycles. The van der Waals surface area contributed by atoms with Crippen LogP contribution in [0.25, 0.3) is 0 Å². The first-order valence-electron chi connectivity index (χ1n) is 6.39. The van der Waals surface area contributed by atoms with Crippen LogP contribution in [0.2, 0.25) is 0 Å². The van der Waals surface area contributed by atoms with E-state index in [0.29, 0.717) is 4.68 Å². The number of halogens is 6. The quantitative estimate of drug-likeness (QED) is 0.762. The van der Waals surface area contributed by atoms with E-state index in [9.17, 15) is 34.8 Å². The van der Waals surface area contributed by atoms with Crippen molar-refractivity contribution in [3.8, 4) is 0 Å². The Hall–Kier alpha value is -2.11. The van der Waals surface area contributed by atoms with Gasteiger partial charge in [-0.25, -0.2) is 26.3 Å². The molecule has 0 unspecified atom stereocenters. The van der Waals surface area contributed by atoms with Gasteiger partial charge >= 0.3 is 15.3 Å². The van der Waals surface area contributed by atoms with Crippen molar-refractivity contribution >= 4 is 9.84 Å². The van der Waals surface area contributed by atoms with Gasteiger partial charge in [0.2, 0.25) is 0 Å². The Labute approximate surface area is 130 Å². The van der Waals surface area contributed by atoms with Crippen LogP contribution in [0, 0.1) is 11.6 Å². The molecule has 1 aromatic heterocycles. The third kappa shape index (κ3) is 2.44. The molecule has 5 nitrogen and oxygen atoms in total. The zero-order chi connectivity index (χ0) is 17.9. The average molecular weight is 371 g/mol. The van der Waals surface area contributed by atoms with E-state index in [1.165, 1.54) is 0 Å². The summed E-state index contributed by atoms with van der Waals surface area (Å²) in [6.45, 7) is 0. The Morgan fingerprint density at radius 3 is 2.50 bits per heavy atom. The molecule has 24 heavy (non-hydrogen) atoms. The standard InChI is InChI=1S/C12H7F6N3O2S/c13-5-1-2-7(14)6(3-5)9-4-8(15)10-19-11(20-21(9)10)24(22,23)12(16,17)18/h1-3,8-9H,4H2/t8-,9-/m0/s1. The number of hydrogen-bond acceptors (Lipinski definition) is 4. The van der Waals surface area contributed by atoms with E-state index < -0.39 is 56.6 Å². The topological polar surface area (TPSA) is 64.8 Å². The van der Waals surface area contributed by atoms with Crippen LogP contribution < -0.4 is 0 Å². The molecule has 0 aliphatic carbocycles. The largest absolute Gasteiger partial charge is 0.505 e. The molecule has 0 spiro atoms. The van der Waals surface area contributed by atoms with Crippen LogP contribution in [0.5, 0.6) is 0 Å². The zero-order valence-electron chi connectivity index (χ0n) is 11.4. The maximum Gasteiger partial charge on any atom is 0.505 e. The summed E-state index contributed by atoms with van der Waals surface area (Å²) in [5.41, 5.74) is -6.03. The minimum Gasteiger partial charge on any atom is -0.239 e. The molecule has 0 saturated heterocycles. The van der Waals surface area contributed by atoms with Crippen molar-refractivity contribution in [2.45, 2.75) is 29.3 Å². The molecular weight excluding hydrogens is 364 g/mol. The van der Waals surface area contributed by atoms with Gasteiger partial charge in [0.1, 0.15) is 11.6 Å². The third-order valence-corrected chi connectivity index (χ3v) is 4.77. The molecule has 0 bridgehead atoms. The number of aromatic nitrogens is 3. The van der Waals surface area contributed by atoms with Gasteiger partial charge in [-0.2, -0.15) is 18.2 Å². The van der Waals surface area contributed by atoms with E-state index in [2.05, 4.69) is 10.1 Å². The smallest absolute Gasteiger partial charge is 0.239 e. The van der Waals surface area contributed by atoms with E-state index in [4.69, 9.17) is 0 Å². The zero-order valence-corrected chi connectivity index (χ0v) is 12.2. The highest BCUT2D eigenvalue weighted by atomic mass is 32.2. The molecular formula is C12H7F6N3O2S. The van der Waals surface area contributed by atoms with Crippen molar-refractivity contribution in [3.63, 3.8) is 0 Å². The highest BCUT2D eigenvalue weighted by Gasteiger charge is 2.51. The van der Waals surface area contributed by atoms with Crippen LogP contribution in [0.3, 0.4) is 0 Å². The summed E-state index contributed by atoms with van der Waals surface area (Å²) in [6.07, 6.45) is -2.43. The van der Waals surface area contributed by atoms with Gasteiger partial charge in [-0.05, 0) is 18.2 Å². The molecule has 1 aliphatic rings. The number of sulfone groups is 1. The molecule has 1 aromatic carbocycles. The van der Waals surface area contributed by atoms with Crippen LogP contribution in [-0.4, -0.2) is 28.7 Å². The van der Waals surface area contributed by atoms with Crippen LogP contribution in [0.1, 0.15) is 30.0 Å². The molecule has 0 N–H and O–H groups in total. The molecule has 2 aromatic rings. The first-order valence-corrected chi connectivity index (χ1v) is 7.87. The Balaban J connectivity index is 2.12. The Morgan fingerprint density at radius 1 is 1.21 bits per heavy atom. The van der Waals surface area contributed by atoms with Crippen LogP contribution in [0.4, 0.5) is 26.3 Å². The van der Waals surface area contributed by atoms with Crippen molar-refractivity contribution in [1.82, 2.24) is 14.8 Å². The van der Waals surface area contributed by atoms with E-state index in [-0.39, 0.29) is 5.56 Å². The molecule has 0 radical (unpaired) electrons. The van der Waals surface area contributed by atoms with E-state index in [1.54, 1.807) is 0 Å². The first-order chi connectivity index (χ1) is 11.0. The van der Waals surface area contributed by atoms with Gasteiger partial charge in [0.15, 0.2) is 12.0 Å². The van der Waals surface area contributed by atoms with Crippen LogP contribution in [-0.2, 0) is 9.84 Å². The lowest BCUT2D eigenvalue weighted by Gasteiger charge is -2.13. The van der Waals surface area contributed by atoms with Crippen molar-refractivity contribution < 1.29 is 34.8 Å².